The van der Waals surface area contributed by atoms with Crippen molar-refractivity contribution in [3.63, 3.8) is 0 Å². The van der Waals surface area contributed by atoms with Crippen LogP contribution >= 0.6 is 0 Å². The molecule has 0 radical (unpaired) electrons. The Kier molecular flexibility index (Phi) is 5.73. The topological polar surface area (TPSA) is 49.5 Å². The van der Waals surface area contributed by atoms with Gasteiger partial charge in [-0.3, -0.25) is 4.90 Å². The Labute approximate surface area is 100 Å². The number of aliphatic hydroxyl groups is 1. The van der Waals surface area contributed by atoms with E-state index in [1.54, 1.807) is 0 Å². The molecule has 0 amide bonds. The molecule has 3 nitrogen and oxygen atoms in total. The van der Waals surface area contributed by atoms with Crippen LogP contribution in [0.3, 0.4) is 0 Å². The van der Waals surface area contributed by atoms with Crippen LogP contribution in [0, 0.1) is 5.92 Å². The zero-order chi connectivity index (χ0) is 12.1. The molecule has 3 N–H and O–H groups in total. The largest absolute Gasteiger partial charge is 0.392 e. The summed E-state index contributed by atoms with van der Waals surface area (Å²) in [7, 11) is 0. The summed E-state index contributed by atoms with van der Waals surface area (Å²) in [6, 6.07) is 0.815. The fraction of sp³-hybridized carbons (Fsp3) is 1.00. The summed E-state index contributed by atoms with van der Waals surface area (Å²) in [5.41, 5.74) is 5.87. The predicted molar refractivity (Wildman–Crippen MR) is 68.3 cm³/mol. The molecule has 1 saturated carbocycles. The standard InChI is InChI=1S/C13H28N2O/c1-4-15(10(2)11(3)16)13-8-6-5-7-12(13)9-14/h10-13,16H,4-9,14H2,1-3H3. The van der Waals surface area contributed by atoms with E-state index < -0.39 is 0 Å². The van der Waals surface area contributed by atoms with E-state index in [2.05, 4.69) is 18.7 Å². The van der Waals surface area contributed by atoms with Crippen LogP contribution in [0.4, 0.5) is 0 Å². The van der Waals surface area contributed by atoms with Crippen molar-refractivity contribution in [3.05, 3.63) is 0 Å². The maximum atomic E-state index is 9.74. The number of likely N-dealkylation sites (N-methyl/N-ethyl adjacent to an activating group) is 1. The minimum Gasteiger partial charge on any atom is -0.392 e. The molecule has 0 aromatic carbocycles. The molecule has 4 unspecified atom stereocenters. The van der Waals surface area contributed by atoms with Gasteiger partial charge in [-0.15, -0.1) is 0 Å². The van der Waals surface area contributed by atoms with Gasteiger partial charge in [0.05, 0.1) is 6.10 Å². The van der Waals surface area contributed by atoms with E-state index >= 15 is 0 Å². The minimum absolute atomic E-state index is 0.238. The highest BCUT2D eigenvalue weighted by Crippen LogP contribution is 2.29. The molecule has 0 aromatic rings. The predicted octanol–water partition coefficient (Wildman–Crippen LogP) is 1.60. The summed E-state index contributed by atoms with van der Waals surface area (Å²) in [5.74, 6) is 0.620. The lowest BCUT2D eigenvalue weighted by molar-refractivity contribution is 0.0148. The van der Waals surface area contributed by atoms with Gasteiger partial charge in [-0.25, -0.2) is 0 Å². The van der Waals surface area contributed by atoms with E-state index in [0.717, 1.165) is 13.1 Å². The van der Waals surface area contributed by atoms with Crippen LogP contribution < -0.4 is 5.73 Å². The molecule has 4 atom stereocenters. The van der Waals surface area contributed by atoms with Crippen molar-refractivity contribution >= 4 is 0 Å². The average molecular weight is 228 g/mol. The van der Waals surface area contributed by atoms with Gasteiger partial charge in [0.1, 0.15) is 0 Å². The highest BCUT2D eigenvalue weighted by atomic mass is 16.3. The van der Waals surface area contributed by atoms with Gasteiger partial charge in [0.15, 0.2) is 0 Å². The zero-order valence-electron chi connectivity index (χ0n) is 11.0. The third kappa shape index (κ3) is 3.19. The van der Waals surface area contributed by atoms with Crippen LogP contribution in [0.2, 0.25) is 0 Å². The molecular formula is C13H28N2O. The summed E-state index contributed by atoms with van der Waals surface area (Å²) in [4.78, 5) is 2.45. The van der Waals surface area contributed by atoms with Gasteiger partial charge in [-0.05, 0) is 45.7 Å². The number of hydrogen-bond acceptors (Lipinski definition) is 3. The van der Waals surface area contributed by atoms with Crippen molar-refractivity contribution in [2.24, 2.45) is 11.7 Å². The third-order valence-electron chi connectivity index (χ3n) is 4.18. The first-order valence-electron chi connectivity index (χ1n) is 6.75. The average Bonchev–Trinajstić information content (AvgIpc) is 2.30. The second kappa shape index (κ2) is 6.58. The van der Waals surface area contributed by atoms with Gasteiger partial charge in [-0.1, -0.05) is 19.8 Å². The molecule has 96 valence electrons. The molecular weight excluding hydrogens is 200 g/mol. The molecule has 0 heterocycles. The van der Waals surface area contributed by atoms with Crippen LogP contribution in [0.25, 0.3) is 0 Å². The van der Waals surface area contributed by atoms with E-state index in [1.807, 2.05) is 6.92 Å². The number of nitrogens with two attached hydrogens (primary N) is 1. The molecule has 16 heavy (non-hydrogen) atoms. The number of aliphatic hydroxyl groups excluding tert-OH is 1. The summed E-state index contributed by atoms with van der Waals surface area (Å²) in [5, 5.41) is 9.74. The SMILES string of the molecule is CCN(C(C)C(C)O)C1CCCCC1CN. The first kappa shape index (κ1) is 13.9. The first-order valence-corrected chi connectivity index (χ1v) is 6.75. The second-order valence-corrected chi connectivity index (χ2v) is 5.16. The molecule has 0 aliphatic heterocycles. The maximum Gasteiger partial charge on any atom is 0.0664 e. The Bertz CT molecular complexity index is 194. The second-order valence-electron chi connectivity index (χ2n) is 5.16. The smallest absolute Gasteiger partial charge is 0.0664 e. The van der Waals surface area contributed by atoms with E-state index in [1.165, 1.54) is 25.7 Å². The Morgan fingerprint density at radius 1 is 1.31 bits per heavy atom. The van der Waals surface area contributed by atoms with Gasteiger partial charge < -0.3 is 10.8 Å². The monoisotopic (exact) mass is 228 g/mol. The summed E-state index contributed by atoms with van der Waals surface area (Å²) < 4.78 is 0. The molecule has 0 aromatic heterocycles. The molecule has 0 saturated heterocycles. The van der Waals surface area contributed by atoms with Crippen LogP contribution in [0.5, 0.6) is 0 Å². The molecule has 0 bridgehead atoms. The van der Waals surface area contributed by atoms with Gasteiger partial charge in [0.2, 0.25) is 0 Å². The summed E-state index contributed by atoms with van der Waals surface area (Å²) in [6.45, 7) is 7.98. The maximum absolute atomic E-state index is 9.74. The Hall–Kier alpha value is -0.120. The van der Waals surface area contributed by atoms with Crippen molar-refractivity contribution in [3.8, 4) is 0 Å². The Balaban J connectivity index is 2.68. The highest BCUT2D eigenvalue weighted by Gasteiger charge is 2.32. The Morgan fingerprint density at radius 3 is 2.44 bits per heavy atom. The first-order chi connectivity index (χ1) is 7.61. The molecule has 0 spiro atoms. The van der Waals surface area contributed by atoms with Gasteiger partial charge in [0, 0.05) is 12.1 Å². The van der Waals surface area contributed by atoms with Crippen molar-refractivity contribution < 1.29 is 5.11 Å². The minimum atomic E-state index is -0.264. The molecule has 1 rings (SSSR count). The highest BCUT2D eigenvalue weighted by molar-refractivity contribution is 4.87. The van der Waals surface area contributed by atoms with Crippen LogP contribution in [0.1, 0.15) is 46.5 Å². The third-order valence-corrected chi connectivity index (χ3v) is 4.18. The summed E-state index contributed by atoms with van der Waals surface area (Å²) in [6.07, 6.45) is 4.86. The van der Waals surface area contributed by atoms with Gasteiger partial charge in [-0.2, -0.15) is 0 Å². The van der Waals surface area contributed by atoms with E-state index in [0.29, 0.717) is 12.0 Å². The van der Waals surface area contributed by atoms with Crippen LogP contribution in [-0.4, -0.2) is 41.3 Å². The van der Waals surface area contributed by atoms with Gasteiger partial charge >= 0.3 is 0 Å². The van der Waals surface area contributed by atoms with Crippen molar-refractivity contribution in [1.82, 2.24) is 4.90 Å². The van der Waals surface area contributed by atoms with Crippen molar-refractivity contribution in [2.45, 2.75) is 64.6 Å². The van der Waals surface area contributed by atoms with Gasteiger partial charge in [0.25, 0.3) is 0 Å². The lowest BCUT2D eigenvalue weighted by Gasteiger charge is -2.43. The molecule has 1 aliphatic carbocycles. The van der Waals surface area contributed by atoms with Crippen LogP contribution in [-0.2, 0) is 0 Å². The van der Waals surface area contributed by atoms with Crippen molar-refractivity contribution in [2.75, 3.05) is 13.1 Å². The van der Waals surface area contributed by atoms with E-state index in [9.17, 15) is 5.11 Å². The van der Waals surface area contributed by atoms with E-state index in [-0.39, 0.29) is 12.1 Å². The molecule has 1 aliphatic rings. The fourth-order valence-electron chi connectivity index (χ4n) is 3.00. The fourth-order valence-corrected chi connectivity index (χ4v) is 3.00. The van der Waals surface area contributed by atoms with E-state index in [4.69, 9.17) is 5.73 Å². The Morgan fingerprint density at radius 2 is 1.94 bits per heavy atom. The number of hydrogen-bond donors (Lipinski definition) is 2. The normalized spacial score (nSPS) is 30.4. The molecule has 3 heteroatoms. The lowest BCUT2D eigenvalue weighted by Crippen LogP contribution is -2.51. The molecule has 1 fully saturated rings. The van der Waals surface area contributed by atoms with Crippen LogP contribution in [0.15, 0.2) is 0 Å². The quantitative estimate of drug-likeness (QED) is 0.751. The lowest BCUT2D eigenvalue weighted by atomic mass is 9.82. The zero-order valence-corrected chi connectivity index (χ0v) is 11.0. The number of nitrogens with zero attached hydrogens (tertiary/aromatic N) is 1. The summed E-state index contributed by atoms with van der Waals surface area (Å²) >= 11 is 0. The van der Waals surface area contributed by atoms with Crippen molar-refractivity contribution in [1.29, 1.82) is 0 Å². The number of rotatable bonds is 5.